The van der Waals surface area contributed by atoms with Crippen molar-refractivity contribution in [2.24, 2.45) is 0 Å². The Hall–Kier alpha value is -2.77. The molecule has 1 rings (SSSR count). The number of aliphatic carboxylic acids is 1. The molecule has 17 heavy (non-hydrogen) atoms. The maximum Gasteiger partial charge on any atom is 0.328 e. The number of non-ortho nitro benzene ring substituents is 1. The largest absolute Gasteiger partial charge is 0.478 e. The summed E-state index contributed by atoms with van der Waals surface area (Å²) in [7, 11) is 0. The van der Waals surface area contributed by atoms with Gasteiger partial charge in [0.05, 0.1) is 21.5 Å². The second kappa shape index (κ2) is 4.84. The lowest BCUT2D eigenvalue weighted by Gasteiger charge is -1.97. The molecule has 1 aromatic carbocycles. The Balaban J connectivity index is 3.27. The van der Waals surface area contributed by atoms with Gasteiger partial charge in [-0.1, -0.05) is 0 Å². The first-order valence-electron chi connectivity index (χ1n) is 4.25. The fourth-order valence-electron chi connectivity index (χ4n) is 1.11. The summed E-state index contributed by atoms with van der Waals surface area (Å²) in [6, 6.07) is 2.96. The minimum Gasteiger partial charge on any atom is -0.478 e. The molecule has 0 aliphatic rings. The molecule has 8 nitrogen and oxygen atoms in total. The smallest absolute Gasteiger partial charge is 0.328 e. The van der Waals surface area contributed by atoms with E-state index in [4.69, 9.17) is 5.11 Å². The van der Waals surface area contributed by atoms with E-state index in [-0.39, 0.29) is 5.56 Å². The molecule has 0 spiro atoms. The highest BCUT2D eigenvalue weighted by molar-refractivity contribution is 5.86. The Morgan fingerprint density at radius 2 is 1.88 bits per heavy atom. The molecular formula is C9H6N2O6. The van der Waals surface area contributed by atoms with Gasteiger partial charge in [-0.15, -0.1) is 0 Å². The van der Waals surface area contributed by atoms with E-state index in [0.717, 1.165) is 24.3 Å². The van der Waals surface area contributed by atoms with E-state index in [1.54, 1.807) is 0 Å². The SMILES string of the molecule is O=C(O)/C=C/c1ccc([N+](=O)[O-])cc1[N+](=O)[O-]. The van der Waals surface area contributed by atoms with Gasteiger partial charge in [-0.25, -0.2) is 4.79 Å². The molecule has 8 heteroatoms. The average Bonchev–Trinajstić information content (AvgIpc) is 2.25. The molecular weight excluding hydrogens is 232 g/mol. The number of nitro groups is 2. The summed E-state index contributed by atoms with van der Waals surface area (Å²) in [5.41, 5.74) is -0.955. The van der Waals surface area contributed by atoms with Crippen LogP contribution in [0.15, 0.2) is 24.3 Å². The number of nitrogens with zero attached hydrogens (tertiary/aromatic N) is 2. The predicted molar refractivity (Wildman–Crippen MR) is 56.4 cm³/mol. The standard InChI is InChI=1S/C9H6N2O6/c12-9(13)4-2-6-1-3-7(10(14)15)5-8(6)11(16)17/h1-5H,(H,12,13)/b4-2+. The molecule has 0 aliphatic carbocycles. The van der Waals surface area contributed by atoms with Crippen molar-refractivity contribution in [2.75, 3.05) is 0 Å². The van der Waals surface area contributed by atoms with E-state index >= 15 is 0 Å². The summed E-state index contributed by atoms with van der Waals surface area (Å²) < 4.78 is 0. The monoisotopic (exact) mass is 238 g/mol. The summed E-state index contributed by atoms with van der Waals surface area (Å²) in [5, 5.41) is 29.4. The third kappa shape index (κ3) is 3.09. The van der Waals surface area contributed by atoms with Crippen molar-refractivity contribution in [3.05, 3.63) is 50.1 Å². The molecule has 0 atom stereocenters. The van der Waals surface area contributed by atoms with Crippen molar-refractivity contribution in [2.45, 2.75) is 0 Å². The van der Waals surface area contributed by atoms with Crippen LogP contribution in [-0.4, -0.2) is 20.9 Å². The number of carbonyl (C=O) groups is 1. The zero-order valence-electron chi connectivity index (χ0n) is 8.27. The van der Waals surface area contributed by atoms with E-state index in [1.165, 1.54) is 0 Å². The molecule has 0 amide bonds. The van der Waals surface area contributed by atoms with Crippen LogP contribution in [0.2, 0.25) is 0 Å². The van der Waals surface area contributed by atoms with Crippen molar-refractivity contribution in [3.8, 4) is 0 Å². The summed E-state index contributed by atoms with van der Waals surface area (Å²) >= 11 is 0. The van der Waals surface area contributed by atoms with Gasteiger partial charge < -0.3 is 5.11 Å². The second-order valence-corrected chi connectivity index (χ2v) is 2.93. The number of rotatable bonds is 4. The first-order valence-corrected chi connectivity index (χ1v) is 4.25. The summed E-state index contributed by atoms with van der Waals surface area (Å²) in [4.78, 5) is 29.8. The molecule has 0 heterocycles. The summed E-state index contributed by atoms with van der Waals surface area (Å²) in [5.74, 6) is -1.27. The predicted octanol–water partition coefficient (Wildman–Crippen LogP) is 1.60. The van der Waals surface area contributed by atoms with Crippen molar-refractivity contribution in [3.63, 3.8) is 0 Å². The van der Waals surface area contributed by atoms with Crippen molar-refractivity contribution in [1.29, 1.82) is 0 Å². The van der Waals surface area contributed by atoms with Gasteiger partial charge in [0.2, 0.25) is 0 Å². The number of benzene rings is 1. The Morgan fingerprint density at radius 1 is 1.24 bits per heavy atom. The Kier molecular flexibility index (Phi) is 3.50. The zero-order valence-corrected chi connectivity index (χ0v) is 8.27. The fraction of sp³-hybridized carbons (Fsp3) is 0. The van der Waals surface area contributed by atoms with E-state index in [1.807, 2.05) is 0 Å². The quantitative estimate of drug-likeness (QED) is 0.482. The van der Waals surface area contributed by atoms with Gasteiger partial charge >= 0.3 is 5.97 Å². The van der Waals surface area contributed by atoms with Crippen LogP contribution in [0.1, 0.15) is 5.56 Å². The maximum absolute atomic E-state index is 10.6. The number of carboxylic acid groups (broad SMARTS) is 1. The van der Waals surface area contributed by atoms with Crippen LogP contribution in [0.25, 0.3) is 6.08 Å². The molecule has 0 aromatic heterocycles. The molecule has 0 aliphatic heterocycles. The van der Waals surface area contributed by atoms with Gasteiger partial charge in [0, 0.05) is 12.1 Å². The first-order chi connectivity index (χ1) is 7.91. The maximum atomic E-state index is 10.6. The van der Waals surface area contributed by atoms with E-state index in [9.17, 15) is 25.0 Å². The van der Waals surface area contributed by atoms with Gasteiger partial charge in [-0.05, 0) is 12.1 Å². The van der Waals surface area contributed by atoms with Crippen LogP contribution >= 0.6 is 0 Å². The number of carboxylic acids is 1. The number of hydrogen-bond donors (Lipinski definition) is 1. The second-order valence-electron chi connectivity index (χ2n) is 2.93. The minimum absolute atomic E-state index is 0.0111. The summed E-state index contributed by atoms with van der Waals surface area (Å²) in [6.07, 6.45) is 1.72. The third-order valence-electron chi connectivity index (χ3n) is 1.83. The normalized spacial score (nSPS) is 10.4. The highest BCUT2D eigenvalue weighted by Crippen LogP contribution is 2.25. The highest BCUT2D eigenvalue weighted by atomic mass is 16.6. The van der Waals surface area contributed by atoms with E-state index < -0.39 is 27.2 Å². The van der Waals surface area contributed by atoms with Crippen LogP contribution in [-0.2, 0) is 4.79 Å². The van der Waals surface area contributed by atoms with Crippen molar-refractivity contribution in [1.82, 2.24) is 0 Å². The van der Waals surface area contributed by atoms with Gasteiger partial charge in [0.15, 0.2) is 0 Å². The van der Waals surface area contributed by atoms with Gasteiger partial charge in [0.25, 0.3) is 11.4 Å². The van der Waals surface area contributed by atoms with Crippen LogP contribution in [0, 0.1) is 20.2 Å². The van der Waals surface area contributed by atoms with Gasteiger partial charge in [-0.2, -0.15) is 0 Å². The summed E-state index contributed by atoms with van der Waals surface area (Å²) in [6.45, 7) is 0. The molecule has 0 saturated carbocycles. The van der Waals surface area contributed by atoms with E-state index in [0.29, 0.717) is 6.08 Å². The van der Waals surface area contributed by atoms with Gasteiger partial charge in [0.1, 0.15) is 0 Å². The van der Waals surface area contributed by atoms with Crippen LogP contribution in [0.4, 0.5) is 11.4 Å². The molecule has 1 N–H and O–H groups in total. The van der Waals surface area contributed by atoms with E-state index in [2.05, 4.69) is 0 Å². The molecule has 0 bridgehead atoms. The molecule has 88 valence electrons. The van der Waals surface area contributed by atoms with Crippen molar-refractivity contribution >= 4 is 23.4 Å². The Labute approximate surface area is 94.1 Å². The van der Waals surface area contributed by atoms with Crippen molar-refractivity contribution < 1.29 is 19.7 Å². The first kappa shape index (κ1) is 12.3. The topological polar surface area (TPSA) is 124 Å². The van der Waals surface area contributed by atoms with Crippen LogP contribution < -0.4 is 0 Å². The number of hydrogen-bond acceptors (Lipinski definition) is 5. The lowest BCUT2D eigenvalue weighted by Crippen LogP contribution is -1.95. The molecule has 0 radical (unpaired) electrons. The van der Waals surface area contributed by atoms with Crippen LogP contribution in [0.5, 0.6) is 0 Å². The Morgan fingerprint density at radius 3 is 2.35 bits per heavy atom. The highest BCUT2D eigenvalue weighted by Gasteiger charge is 2.17. The molecule has 0 saturated heterocycles. The van der Waals surface area contributed by atoms with Crippen LogP contribution in [0.3, 0.4) is 0 Å². The Bertz CT molecular complexity index is 522. The third-order valence-corrected chi connectivity index (χ3v) is 1.83. The molecule has 1 aromatic rings. The zero-order chi connectivity index (χ0) is 13.0. The average molecular weight is 238 g/mol. The minimum atomic E-state index is -1.27. The number of nitro benzene ring substituents is 2. The molecule has 0 unspecified atom stereocenters. The van der Waals surface area contributed by atoms with Gasteiger partial charge in [-0.3, -0.25) is 20.2 Å². The molecule has 0 fully saturated rings. The lowest BCUT2D eigenvalue weighted by molar-refractivity contribution is -0.394. The fourth-order valence-corrected chi connectivity index (χ4v) is 1.11. The lowest BCUT2D eigenvalue weighted by atomic mass is 10.1.